The number of methoxy groups -OCH3 is 2. The predicted octanol–water partition coefficient (Wildman–Crippen LogP) is 0.708. The summed E-state index contributed by atoms with van der Waals surface area (Å²) in [6, 6.07) is 6.61. The molecule has 1 aliphatic heterocycles. The van der Waals surface area contributed by atoms with Crippen LogP contribution in [0.3, 0.4) is 0 Å². The van der Waals surface area contributed by atoms with Crippen molar-refractivity contribution in [2.24, 2.45) is 0 Å². The molecule has 128 valence electrons. The number of carboxylic acids is 1. The summed E-state index contributed by atoms with van der Waals surface area (Å²) < 4.78 is 14.8. The number of hydrogen-bond donors (Lipinski definition) is 1. The number of hydrogen-bond acceptors (Lipinski definition) is 7. The molecule has 0 bridgehead atoms. The van der Waals surface area contributed by atoms with Gasteiger partial charge in [0.05, 0.1) is 32.8 Å². The van der Waals surface area contributed by atoms with Crippen molar-refractivity contribution in [1.82, 2.24) is 0 Å². The normalized spacial score (nSPS) is 14.3. The van der Waals surface area contributed by atoms with Crippen LogP contribution in [0, 0.1) is 0 Å². The molecule has 0 unspecified atom stereocenters. The van der Waals surface area contributed by atoms with Crippen molar-refractivity contribution in [3.63, 3.8) is 0 Å². The van der Waals surface area contributed by atoms with Crippen molar-refractivity contribution < 1.29 is 33.7 Å². The zero-order chi connectivity index (χ0) is 17.7. The third-order valence-corrected chi connectivity index (χ3v) is 3.41. The lowest BCUT2D eigenvalue weighted by Crippen LogP contribution is -2.38. The summed E-state index contributed by atoms with van der Waals surface area (Å²) in [4.78, 5) is 36.4. The molecule has 0 amide bonds. The Balaban J connectivity index is 2.48. The number of esters is 2. The molecule has 24 heavy (non-hydrogen) atoms. The Morgan fingerprint density at radius 1 is 1.21 bits per heavy atom. The Bertz CT molecular complexity index is 695. The molecule has 0 atom stereocenters. The first kappa shape index (κ1) is 17.5. The maximum atomic E-state index is 12.2. The average molecular weight is 335 g/mol. The maximum Gasteiger partial charge on any atom is 0.355 e. The van der Waals surface area contributed by atoms with E-state index in [2.05, 4.69) is 4.74 Å². The van der Waals surface area contributed by atoms with Crippen LogP contribution >= 0.6 is 0 Å². The van der Waals surface area contributed by atoms with E-state index < -0.39 is 17.9 Å². The molecule has 8 nitrogen and oxygen atoms in total. The highest BCUT2D eigenvalue weighted by Gasteiger charge is 2.32. The summed E-state index contributed by atoms with van der Waals surface area (Å²) in [6.45, 7) is -0.0656. The van der Waals surface area contributed by atoms with Gasteiger partial charge >= 0.3 is 17.9 Å². The molecule has 0 aliphatic carbocycles. The highest BCUT2D eigenvalue weighted by molar-refractivity contribution is 6.03. The van der Waals surface area contributed by atoms with Crippen LogP contribution in [0.25, 0.3) is 0 Å². The minimum absolute atomic E-state index is 0.0153. The second-order valence-corrected chi connectivity index (χ2v) is 4.96. The van der Waals surface area contributed by atoms with E-state index in [0.29, 0.717) is 11.3 Å². The lowest BCUT2D eigenvalue weighted by molar-refractivity contribution is -0.140. The third-order valence-electron chi connectivity index (χ3n) is 3.41. The maximum absolute atomic E-state index is 12.2. The Labute approximate surface area is 138 Å². The molecular weight excluding hydrogens is 318 g/mol. The zero-order valence-electron chi connectivity index (χ0n) is 13.3. The Morgan fingerprint density at radius 2 is 1.92 bits per heavy atom. The highest BCUT2D eigenvalue weighted by Crippen LogP contribution is 2.27. The fourth-order valence-corrected chi connectivity index (χ4v) is 2.36. The number of benzene rings is 1. The molecular formula is C16H17NO7. The molecule has 0 saturated carbocycles. The van der Waals surface area contributed by atoms with Crippen molar-refractivity contribution in [3.05, 3.63) is 41.1 Å². The van der Waals surface area contributed by atoms with Gasteiger partial charge in [-0.15, -0.1) is 0 Å². The lowest BCUT2D eigenvalue weighted by atomic mass is 10.1. The first-order valence-corrected chi connectivity index (χ1v) is 7.03. The largest absolute Gasteiger partial charge is 0.481 e. The SMILES string of the molecule is COC(=O)C1=C(C(=O)OC)N(c2cccc(CC(=O)O)c2)COC1. The van der Waals surface area contributed by atoms with Crippen molar-refractivity contribution in [3.8, 4) is 0 Å². The van der Waals surface area contributed by atoms with Gasteiger partial charge in [-0.25, -0.2) is 9.59 Å². The molecule has 1 aliphatic rings. The molecule has 0 fully saturated rings. The summed E-state index contributed by atoms with van der Waals surface area (Å²) in [7, 11) is 2.41. The van der Waals surface area contributed by atoms with E-state index in [-0.39, 0.29) is 31.0 Å². The molecule has 1 heterocycles. The van der Waals surface area contributed by atoms with Gasteiger partial charge in [-0.3, -0.25) is 4.79 Å². The standard InChI is InChI=1S/C16H17NO7/c1-22-15(20)12-8-24-9-17(14(12)16(21)23-2)11-5-3-4-10(6-11)7-13(18)19/h3-6H,7-9H2,1-2H3,(H,18,19). The number of aliphatic carboxylic acids is 1. The lowest BCUT2D eigenvalue weighted by Gasteiger charge is -2.31. The number of anilines is 1. The number of nitrogens with zero attached hydrogens (tertiary/aromatic N) is 1. The second-order valence-electron chi connectivity index (χ2n) is 4.96. The molecule has 0 radical (unpaired) electrons. The molecule has 1 aromatic rings. The Hall–Kier alpha value is -2.87. The second kappa shape index (κ2) is 7.60. The predicted molar refractivity (Wildman–Crippen MR) is 82.1 cm³/mol. The van der Waals surface area contributed by atoms with E-state index in [1.807, 2.05) is 0 Å². The topological polar surface area (TPSA) is 102 Å². The smallest absolute Gasteiger partial charge is 0.355 e. The van der Waals surface area contributed by atoms with Crippen LogP contribution in [-0.4, -0.2) is 50.6 Å². The van der Waals surface area contributed by atoms with Crippen LogP contribution in [0.15, 0.2) is 35.5 Å². The van der Waals surface area contributed by atoms with E-state index in [0.717, 1.165) is 0 Å². The fraction of sp³-hybridized carbons (Fsp3) is 0.312. The van der Waals surface area contributed by atoms with Crippen LogP contribution in [0.1, 0.15) is 5.56 Å². The fourth-order valence-electron chi connectivity index (χ4n) is 2.36. The first-order chi connectivity index (χ1) is 11.5. The number of carbonyl (C=O) groups excluding carboxylic acids is 2. The van der Waals surface area contributed by atoms with Crippen molar-refractivity contribution in [1.29, 1.82) is 0 Å². The zero-order valence-corrected chi connectivity index (χ0v) is 13.3. The first-order valence-electron chi connectivity index (χ1n) is 7.03. The van der Waals surface area contributed by atoms with Gasteiger partial charge in [0.25, 0.3) is 0 Å². The van der Waals surface area contributed by atoms with Gasteiger partial charge < -0.3 is 24.2 Å². The van der Waals surface area contributed by atoms with Gasteiger partial charge in [-0.1, -0.05) is 12.1 Å². The molecule has 0 aromatic heterocycles. The molecule has 0 saturated heterocycles. The van der Waals surface area contributed by atoms with E-state index in [1.165, 1.54) is 19.1 Å². The van der Waals surface area contributed by atoms with Crippen LogP contribution in [0.2, 0.25) is 0 Å². The minimum Gasteiger partial charge on any atom is -0.481 e. The highest BCUT2D eigenvalue weighted by atomic mass is 16.5. The molecule has 0 spiro atoms. The van der Waals surface area contributed by atoms with Gasteiger partial charge in [0.2, 0.25) is 0 Å². The summed E-state index contributed by atoms with van der Waals surface area (Å²) in [5, 5.41) is 8.91. The van der Waals surface area contributed by atoms with Gasteiger partial charge in [0.15, 0.2) is 0 Å². The van der Waals surface area contributed by atoms with Crippen molar-refractivity contribution in [2.45, 2.75) is 6.42 Å². The summed E-state index contributed by atoms with van der Waals surface area (Å²) in [6.07, 6.45) is -0.163. The number of carbonyl (C=O) groups is 3. The van der Waals surface area contributed by atoms with Crippen LogP contribution in [0.5, 0.6) is 0 Å². The number of rotatable bonds is 5. The van der Waals surface area contributed by atoms with Gasteiger partial charge in [-0.2, -0.15) is 0 Å². The van der Waals surface area contributed by atoms with E-state index >= 15 is 0 Å². The van der Waals surface area contributed by atoms with Crippen LogP contribution in [-0.2, 0) is 35.0 Å². The molecule has 1 N–H and O–H groups in total. The quantitative estimate of drug-likeness (QED) is 0.785. The summed E-state index contributed by atoms with van der Waals surface area (Å²) in [5.74, 6) is -2.37. The van der Waals surface area contributed by atoms with Crippen LogP contribution in [0.4, 0.5) is 5.69 Å². The monoisotopic (exact) mass is 335 g/mol. The molecule has 8 heteroatoms. The summed E-state index contributed by atoms with van der Waals surface area (Å²) >= 11 is 0. The van der Waals surface area contributed by atoms with Gasteiger partial charge in [-0.05, 0) is 17.7 Å². The number of carboxylic acid groups (broad SMARTS) is 1. The van der Waals surface area contributed by atoms with E-state index in [1.54, 1.807) is 24.3 Å². The van der Waals surface area contributed by atoms with Crippen molar-refractivity contribution in [2.75, 3.05) is 32.5 Å². The van der Waals surface area contributed by atoms with E-state index in [4.69, 9.17) is 14.6 Å². The molecule has 2 rings (SSSR count). The Morgan fingerprint density at radius 3 is 2.54 bits per heavy atom. The minimum atomic E-state index is -0.971. The Kier molecular flexibility index (Phi) is 5.54. The van der Waals surface area contributed by atoms with Gasteiger partial charge in [0.1, 0.15) is 12.4 Å². The number of ether oxygens (including phenoxy) is 3. The third kappa shape index (κ3) is 3.72. The van der Waals surface area contributed by atoms with E-state index in [9.17, 15) is 14.4 Å². The molecule has 1 aromatic carbocycles. The average Bonchev–Trinajstić information content (AvgIpc) is 2.59. The van der Waals surface area contributed by atoms with Gasteiger partial charge in [0, 0.05) is 5.69 Å². The van der Waals surface area contributed by atoms with Crippen LogP contribution < -0.4 is 4.90 Å². The van der Waals surface area contributed by atoms with Crippen molar-refractivity contribution >= 4 is 23.6 Å². The summed E-state index contributed by atoms with van der Waals surface area (Å²) in [5.41, 5.74) is 1.12.